The first kappa shape index (κ1) is 18.8. The van der Waals surface area contributed by atoms with Crippen LogP contribution in [-0.2, 0) is 20.5 Å². The van der Waals surface area contributed by atoms with Crippen LogP contribution in [0, 0.1) is 0 Å². The van der Waals surface area contributed by atoms with E-state index in [0.717, 1.165) is 42.9 Å². The number of piperidine rings is 1. The van der Waals surface area contributed by atoms with Crippen molar-refractivity contribution in [3.8, 4) is 0 Å². The second-order valence-electron chi connectivity index (χ2n) is 9.32. The minimum Gasteiger partial charge on any atom is -0.449 e. The number of anilines is 1. The summed E-state index contributed by atoms with van der Waals surface area (Å²) in [6.07, 6.45) is 11.2. The molecule has 6 rings (SSSR count). The Kier molecular flexibility index (Phi) is 4.10. The van der Waals surface area contributed by atoms with Crippen molar-refractivity contribution in [3.63, 3.8) is 0 Å². The molecule has 0 bridgehead atoms. The Balaban J connectivity index is 1.21. The number of ether oxygens (including phenoxy) is 1. The molecule has 4 aliphatic rings. The summed E-state index contributed by atoms with van der Waals surface area (Å²) in [6, 6.07) is 6.01. The van der Waals surface area contributed by atoms with E-state index in [-0.39, 0.29) is 11.9 Å². The van der Waals surface area contributed by atoms with E-state index >= 15 is 0 Å². The number of nitrogens with zero attached hydrogens (tertiary/aromatic N) is 4. The van der Waals surface area contributed by atoms with Gasteiger partial charge in [-0.1, -0.05) is 6.07 Å². The second kappa shape index (κ2) is 6.77. The number of carbonyl (C=O) groups excluding carboxylic acids is 2. The molecule has 0 N–H and O–H groups in total. The molecule has 1 atom stereocenters. The molecule has 1 amide bonds. The lowest BCUT2D eigenvalue weighted by Crippen LogP contribution is -2.40. The molecule has 1 unspecified atom stereocenters. The normalized spacial score (nSPS) is 26.1. The van der Waals surface area contributed by atoms with Gasteiger partial charge in [0.25, 0.3) is 0 Å². The van der Waals surface area contributed by atoms with E-state index in [9.17, 15) is 9.59 Å². The zero-order valence-corrected chi connectivity index (χ0v) is 17.5. The van der Waals surface area contributed by atoms with Crippen LogP contribution in [0.1, 0.15) is 60.0 Å². The van der Waals surface area contributed by atoms with Gasteiger partial charge in [-0.15, -0.1) is 0 Å². The summed E-state index contributed by atoms with van der Waals surface area (Å²) in [7, 11) is 0. The number of pyridine rings is 2. The lowest BCUT2D eigenvalue weighted by molar-refractivity contribution is -0.134. The Hall–Kier alpha value is -2.96. The number of likely N-dealkylation sites (tertiary alicyclic amines) is 1. The molecule has 2 aromatic rings. The first-order valence-electron chi connectivity index (χ1n) is 11.3. The summed E-state index contributed by atoms with van der Waals surface area (Å²) >= 11 is 0. The summed E-state index contributed by atoms with van der Waals surface area (Å²) in [5.74, 6) is 0.807. The number of aromatic nitrogens is 2. The van der Waals surface area contributed by atoms with Gasteiger partial charge in [0.1, 0.15) is 5.82 Å². The minimum absolute atomic E-state index is 0.135. The van der Waals surface area contributed by atoms with Crippen molar-refractivity contribution < 1.29 is 14.3 Å². The zero-order chi connectivity index (χ0) is 21.1. The Bertz CT molecular complexity index is 1040. The van der Waals surface area contributed by atoms with Crippen LogP contribution >= 0.6 is 0 Å². The van der Waals surface area contributed by atoms with Crippen molar-refractivity contribution in [3.05, 3.63) is 53.5 Å². The van der Waals surface area contributed by atoms with E-state index in [4.69, 9.17) is 9.72 Å². The Morgan fingerprint density at radius 1 is 1.00 bits per heavy atom. The SMILES string of the molecule is O=C1OC2(CCN(C(=O)C3(c4ccc(N5CCCCC5)nc4)CC3)C2)c2ccncc21. The molecule has 2 saturated heterocycles. The van der Waals surface area contributed by atoms with Crippen LogP contribution < -0.4 is 4.90 Å². The fourth-order valence-corrected chi connectivity index (χ4v) is 5.53. The third-order valence-corrected chi connectivity index (χ3v) is 7.48. The molecule has 5 heterocycles. The maximum Gasteiger partial charge on any atom is 0.341 e. The lowest BCUT2D eigenvalue weighted by Gasteiger charge is -2.29. The third kappa shape index (κ3) is 2.86. The van der Waals surface area contributed by atoms with Crippen molar-refractivity contribution in [2.75, 3.05) is 31.1 Å². The largest absolute Gasteiger partial charge is 0.449 e. The molecule has 7 nitrogen and oxygen atoms in total. The van der Waals surface area contributed by atoms with Crippen molar-refractivity contribution in [1.29, 1.82) is 0 Å². The van der Waals surface area contributed by atoms with Crippen LogP contribution in [0.15, 0.2) is 36.8 Å². The lowest BCUT2D eigenvalue weighted by atomic mass is 9.92. The predicted octanol–water partition coefficient (Wildman–Crippen LogP) is 2.80. The van der Waals surface area contributed by atoms with Crippen LogP contribution in [0.2, 0.25) is 0 Å². The van der Waals surface area contributed by atoms with Crippen LogP contribution in [-0.4, -0.2) is 52.9 Å². The Labute approximate surface area is 181 Å². The van der Waals surface area contributed by atoms with Crippen LogP contribution in [0.3, 0.4) is 0 Å². The minimum atomic E-state index is -0.725. The average molecular weight is 418 g/mol. The molecule has 1 aliphatic carbocycles. The summed E-state index contributed by atoms with van der Waals surface area (Å²) < 4.78 is 5.79. The van der Waals surface area contributed by atoms with Crippen molar-refractivity contribution in [1.82, 2.24) is 14.9 Å². The standard InChI is InChI=1S/C24H26N4O3/c29-21-18-15-25-10-6-19(18)24(31-21)9-13-28(16-24)22(30)23(7-8-23)17-4-5-20(26-14-17)27-11-2-1-3-12-27/h4-6,10,14-15H,1-3,7-9,11-13,16H2. The van der Waals surface area contributed by atoms with Crippen molar-refractivity contribution in [2.24, 2.45) is 0 Å². The molecule has 0 aromatic carbocycles. The van der Waals surface area contributed by atoms with Gasteiger partial charge >= 0.3 is 5.97 Å². The van der Waals surface area contributed by atoms with Gasteiger partial charge in [-0.3, -0.25) is 9.78 Å². The van der Waals surface area contributed by atoms with Gasteiger partial charge in [0.05, 0.1) is 17.5 Å². The number of hydrogen-bond acceptors (Lipinski definition) is 6. The van der Waals surface area contributed by atoms with E-state index in [1.807, 2.05) is 17.2 Å². The molecule has 7 heteroatoms. The monoisotopic (exact) mass is 418 g/mol. The number of fused-ring (bicyclic) bond motifs is 2. The first-order valence-corrected chi connectivity index (χ1v) is 11.3. The topological polar surface area (TPSA) is 75.6 Å². The highest BCUT2D eigenvalue weighted by Crippen LogP contribution is 2.52. The summed E-state index contributed by atoms with van der Waals surface area (Å²) in [5.41, 5.74) is 1.20. The average Bonchev–Trinajstić information content (AvgIpc) is 3.46. The van der Waals surface area contributed by atoms with Gasteiger partial charge in [-0.2, -0.15) is 0 Å². The molecular weight excluding hydrogens is 392 g/mol. The first-order chi connectivity index (χ1) is 15.1. The highest BCUT2D eigenvalue weighted by atomic mass is 16.6. The van der Waals surface area contributed by atoms with Gasteiger partial charge in [-0.25, -0.2) is 9.78 Å². The summed E-state index contributed by atoms with van der Waals surface area (Å²) in [6.45, 7) is 3.12. The van der Waals surface area contributed by atoms with Crippen molar-refractivity contribution >= 4 is 17.7 Å². The molecule has 1 saturated carbocycles. The number of hydrogen-bond donors (Lipinski definition) is 0. The molecule has 3 aliphatic heterocycles. The third-order valence-electron chi connectivity index (χ3n) is 7.48. The number of amides is 1. The maximum atomic E-state index is 13.6. The van der Waals surface area contributed by atoms with E-state index in [0.29, 0.717) is 25.1 Å². The second-order valence-corrected chi connectivity index (χ2v) is 9.32. The van der Waals surface area contributed by atoms with Gasteiger partial charge in [0.2, 0.25) is 5.91 Å². The molecule has 160 valence electrons. The number of esters is 1. The number of rotatable bonds is 3. The summed E-state index contributed by atoms with van der Waals surface area (Å²) in [4.78, 5) is 38.9. The van der Waals surface area contributed by atoms with Crippen LogP contribution in [0.5, 0.6) is 0 Å². The van der Waals surface area contributed by atoms with Crippen LogP contribution in [0.25, 0.3) is 0 Å². The fourth-order valence-electron chi connectivity index (χ4n) is 5.53. The van der Waals surface area contributed by atoms with Crippen LogP contribution in [0.4, 0.5) is 5.82 Å². The Morgan fingerprint density at radius 2 is 1.84 bits per heavy atom. The fraction of sp³-hybridized carbons (Fsp3) is 0.500. The molecule has 1 spiro atoms. The zero-order valence-electron chi connectivity index (χ0n) is 17.5. The smallest absolute Gasteiger partial charge is 0.341 e. The predicted molar refractivity (Wildman–Crippen MR) is 114 cm³/mol. The highest BCUT2D eigenvalue weighted by Gasteiger charge is 2.58. The molecule has 2 aromatic heterocycles. The van der Waals surface area contributed by atoms with E-state index in [1.54, 1.807) is 12.4 Å². The summed E-state index contributed by atoms with van der Waals surface area (Å²) in [5, 5.41) is 0. The van der Waals surface area contributed by atoms with Gasteiger partial charge in [-0.05, 0) is 49.8 Å². The molecular formula is C24H26N4O3. The number of carbonyl (C=O) groups is 2. The quantitative estimate of drug-likeness (QED) is 0.714. The van der Waals surface area contributed by atoms with E-state index in [1.165, 1.54) is 19.3 Å². The highest BCUT2D eigenvalue weighted by molar-refractivity contribution is 5.95. The molecule has 0 radical (unpaired) electrons. The van der Waals surface area contributed by atoms with Gasteiger partial charge < -0.3 is 14.5 Å². The molecule has 3 fully saturated rings. The maximum absolute atomic E-state index is 13.6. The Morgan fingerprint density at radius 3 is 2.58 bits per heavy atom. The van der Waals surface area contributed by atoms with Crippen molar-refractivity contribution in [2.45, 2.75) is 49.5 Å². The van der Waals surface area contributed by atoms with Gasteiger partial charge in [0, 0.05) is 50.2 Å². The van der Waals surface area contributed by atoms with Gasteiger partial charge in [0.15, 0.2) is 5.60 Å². The van der Waals surface area contributed by atoms with E-state index < -0.39 is 11.0 Å². The molecule has 31 heavy (non-hydrogen) atoms. The van der Waals surface area contributed by atoms with E-state index in [2.05, 4.69) is 22.0 Å².